The zero-order chi connectivity index (χ0) is 13.1. The quantitative estimate of drug-likeness (QED) is 0.924. The van der Waals surface area contributed by atoms with Crippen molar-refractivity contribution in [1.29, 1.82) is 0 Å². The van der Waals surface area contributed by atoms with Gasteiger partial charge >= 0.3 is 0 Å². The first-order chi connectivity index (χ1) is 8.63. The van der Waals surface area contributed by atoms with Crippen LogP contribution in [0.15, 0.2) is 18.2 Å². The van der Waals surface area contributed by atoms with E-state index < -0.39 is 11.6 Å². The number of likely N-dealkylation sites (tertiary alicyclic amines) is 1. The van der Waals surface area contributed by atoms with Gasteiger partial charge in [0.25, 0.3) is 0 Å². The minimum absolute atomic E-state index is 0. The molecule has 0 radical (unpaired) electrons. The summed E-state index contributed by atoms with van der Waals surface area (Å²) in [6, 6.07) is 3.92. The molecule has 0 saturated carbocycles. The fourth-order valence-electron chi connectivity index (χ4n) is 2.36. The number of nitrogens with two attached hydrogens (primary N) is 1. The van der Waals surface area contributed by atoms with Crippen molar-refractivity contribution < 1.29 is 13.6 Å². The first-order valence-corrected chi connectivity index (χ1v) is 6.06. The lowest BCUT2D eigenvalue weighted by Gasteiger charge is -2.23. The van der Waals surface area contributed by atoms with Crippen LogP contribution in [0.5, 0.6) is 0 Å². The van der Waals surface area contributed by atoms with Gasteiger partial charge in [-0.25, -0.2) is 8.78 Å². The summed E-state index contributed by atoms with van der Waals surface area (Å²) < 4.78 is 26.5. The van der Waals surface area contributed by atoms with Crippen molar-refractivity contribution in [1.82, 2.24) is 4.90 Å². The molecule has 1 aromatic carbocycles. The van der Waals surface area contributed by atoms with Crippen molar-refractivity contribution in [3.8, 4) is 0 Å². The second-order valence-corrected chi connectivity index (χ2v) is 4.51. The third-order valence-corrected chi connectivity index (χ3v) is 3.34. The average molecular weight is 291 g/mol. The van der Waals surface area contributed by atoms with Crippen LogP contribution in [0.3, 0.4) is 0 Å². The largest absolute Gasteiger partial charge is 0.338 e. The van der Waals surface area contributed by atoms with Gasteiger partial charge in [0.15, 0.2) is 11.6 Å². The molecule has 1 heterocycles. The molecule has 0 bridgehead atoms. The van der Waals surface area contributed by atoms with Crippen LogP contribution >= 0.6 is 12.4 Å². The molecule has 1 fully saturated rings. The molecule has 1 aromatic rings. The Labute approximate surface area is 117 Å². The monoisotopic (exact) mass is 290 g/mol. The van der Waals surface area contributed by atoms with Gasteiger partial charge in [0, 0.05) is 24.7 Å². The molecule has 1 aliphatic heterocycles. The summed E-state index contributed by atoms with van der Waals surface area (Å²) in [6.07, 6.45) is 1.69. The summed E-state index contributed by atoms with van der Waals surface area (Å²) in [5.74, 6) is -2.04. The SMILES string of the molecule is Cl.NCC1CCCN1C(=O)Cc1cccc(F)c1F. The predicted octanol–water partition coefficient (Wildman–Crippen LogP) is 1.88. The lowest BCUT2D eigenvalue weighted by molar-refractivity contribution is -0.131. The smallest absolute Gasteiger partial charge is 0.227 e. The topological polar surface area (TPSA) is 46.3 Å². The van der Waals surface area contributed by atoms with Crippen molar-refractivity contribution >= 4 is 18.3 Å². The average Bonchev–Trinajstić information content (AvgIpc) is 2.83. The first-order valence-electron chi connectivity index (χ1n) is 6.06. The van der Waals surface area contributed by atoms with Crippen LogP contribution in [0.2, 0.25) is 0 Å². The molecule has 2 rings (SSSR count). The zero-order valence-electron chi connectivity index (χ0n) is 10.4. The highest BCUT2D eigenvalue weighted by molar-refractivity contribution is 5.85. The van der Waals surface area contributed by atoms with Gasteiger partial charge < -0.3 is 10.6 Å². The van der Waals surface area contributed by atoms with Gasteiger partial charge in [-0.15, -0.1) is 12.4 Å². The Morgan fingerprint density at radius 2 is 2.16 bits per heavy atom. The Morgan fingerprint density at radius 3 is 2.84 bits per heavy atom. The number of benzene rings is 1. The number of amides is 1. The van der Waals surface area contributed by atoms with Crippen LogP contribution in [0.1, 0.15) is 18.4 Å². The first kappa shape index (κ1) is 15.9. The lowest BCUT2D eigenvalue weighted by Crippen LogP contribution is -2.40. The van der Waals surface area contributed by atoms with E-state index in [4.69, 9.17) is 5.73 Å². The fourth-order valence-corrected chi connectivity index (χ4v) is 2.36. The Hall–Kier alpha value is -1.20. The molecule has 0 aliphatic carbocycles. The number of nitrogens with zero attached hydrogens (tertiary/aromatic N) is 1. The molecule has 0 aromatic heterocycles. The standard InChI is InChI=1S/C13H16F2N2O.ClH/c14-11-5-1-3-9(13(11)15)7-12(18)17-6-2-4-10(17)8-16;/h1,3,5,10H,2,4,6-8,16H2;1H. The fraction of sp³-hybridized carbons (Fsp3) is 0.462. The van der Waals surface area contributed by atoms with Gasteiger partial charge in [0.2, 0.25) is 5.91 Å². The molecule has 106 valence electrons. The van der Waals surface area contributed by atoms with E-state index >= 15 is 0 Å². The number of carbonyl (C=O) groups is 1. The maximum absolute atomic E-state index is 13.5. The minimum Gasteiger partial charge on any atom is -0.338 e. The highest BCUT2D eigenvalue weighted by Gasteiger charge is 2.28. The normalized spacial score (nSPS) is 18.3. The van der Waals surface area contributed by atoms with Crippen molar-refractivity contribution in [2.75, 3.05) is 13.1 Å². The van der Waals surface area contributed by atoms with Gasteiger partial charge in [0.1, 0.15) is 0 Å². The molecule has 1 saturated heterocycles. The van der Waals surface area contributed by atoms with Crippen molar-refractivity contribution in [3.63, 3.8) is 0 Å². The highest BCUT2D eigenvalue weighted by atomic mass is 35.5. The van der Waals surface area contributed by atoms with E-state index in [-0.39, 0.29) is 36.3 Å². The van der Waals surface area contributed by atoms with Crippen molar-refractivity contribution in [2.24, 2.45) is 5.73 Å². The third-order valence-electron chi connectivity index (χ3n) is 3.34. The molecule has 6 heteroatoms. The van der Waals surface area contributed by atoms with E-state index in [9.17, 15) is 13.6 Å². The number of carbonyl (C=O) groups excluding carboxylic acids is 1. The van der Waals surface area contributed by atoms with E-state index in [1.807, 2.05) is 0 Å². The summed E-state index contributed by atoms with van der Waals surface area (Å²) in [4.78, 5) is 13.7. The maximum atomic E-state index is 13.5. The summed E-state index contributed by atoms with van der Waals surface area (Å²) >= 11 is 0. The van der Waals surface area contributed by atoms with Gasteiger partial charge in [-0.1, -0.05) is 12.1 Å². The van der Waals surface area contributed by atoms with E-state index in [1.165, 1.54) is 12.1 Å². The van der Waals surface area contributed by atoms with E-state index in [2.05, 4.69) is 0 Å². The summed E-state index contributed by atoms with van der Waals surface area (Å²) in [6.45, 7) is 1.06. The van der Waals surface area contributed by atoms with Gasteiger partial charge in [-0.05, 0) is 18.9 Å². The molecular weight excluding hydrogens is 274 g/mol. The van der Waals surface area contributed by atoms with Crippen molar-refractivity contribution in [3.05, 3.63) is 35.4 Å². The van der Waals surface area contributed by atoms with Gasteiger partial charge in [0.05, 0.1) is 6.42 Å². The number of halogens is 3. The van der Waals surface area contributed by atoms with Crippen LogP contribution < -0.4 is 5.73 Å². The van der Waals surface area contributed by atoms with E-state index in [0.717, 1.165) is 18.9 Å². The molecule has 1 amide bonds. The van der Waals surface area contributed by atoms with Crippen LogP contribution in [-0.2, 0) is 11.2 Å². The van der Waals surface area contributed by atoms with Gasteiger partial charge in [-0.3, -0.25) is 4.79 Å². The summed E-state index contributed by atoms with van der Waals surface area (Å²) in [5.41, 5.74) is 5.68. The summed E-state index contributed by atoms with van der Waals surface area (Å²) in [5, 5.41) is 0. The van der Waals surface area contributed by atoms with E-state index in [1.54, 1.807) is 4.90 Å². The Kier molecular flexibility index (Phi) is 5.69. The van der Waals surface area contributed by atoms with Crippen LogP contribution in [0.4, 0.5) is 8.78 Å². The van der Waals surface area contributed by atoms with Crippen LogP contribution in [0, 0.1) is 11.6 Å². The van der Waals surface area contributed by atoms with E-state index in [0.29, 0.717) is 13.1 Å². The number of hydrogen-bond acceptors (Lipinski definition) is 2. The Bertz CT molecular complexity index is 456. The second-order valence-electron chi connectivity index (χ2n) is 4.51. The lowest BCUT2D eigenvalue weighted by atomic mass is 10.1. The highest BCUT2D eigenvalue weighted by Crippen LogP contribution is 2.19. The molecule has 1 atom stereocenters. The molecule has 19 heavy (non-hydrogen) atoms. The summed E-state index contributed by atoms with van der Waals surface area (Å²) in [7, 11) is 0. The van der Waals surface area contributed by atoms with Crippen molar-refractivity contribution in [2.45, 2.75) is 25.3 Å². The number of rotatable bonds is 3. The minimum atomic E-state index is -0.936. The zero-order valence-corrected chi connectivity index (χ0v) is 11.3. The Balaban J connectivity index is 0.00000180. The molecule has 1 aliphatic rings. The van der Waals surface area contributed by atoms with Gasteiger partial charge in [-0.2, -0.15) is 0 Å². The molecular formula is C13H17ClF2N2O. The molecule has 2 N–H and O–H groups in total. The Morgan fingerprint density at radius 1 is 1.42 bits per heavy atom. The molecule has 0 spiro atoms. The third kappa shape index (κ3) is 3.42. The number of hydrogen-bond donors (Lipinski definition) is 1. The van der Waals surface area contributed by atoms with Crippen LogP contribution in [-0.4, -0.2) is 29.9 Å². The predicted molar refractivity (Wildman–Crippen MR) is 71.1 cm³/mol. The molecule has 3 nitrogen and oxygen atoms in total. The molecule has 1 unspecified atom stereocenters. The second kappa shape index (κ2) is 6.82. The maximum Gasteiger partial charge on any atom is 0.227 e. The van der Waals surface area contributed by atoms with Crippen LogP contribution in [0.25, 0.3) is 0 Å².